The number of ether oxygens (including phenoxy) is 1. The van der Waals surface area contributed by atoms with E-state index in [0.717, 1.165) is 39.6 Å². The van der Waals surface area contributed by atoms with Crippen molar-refractivity contribution in [2.24, 2.45) is 5.73 Å². The Morgan fingerprint density at radius 2 is 1.68 bits per heavy atom. The van der Waals surface area contributed by atoms with Crippen molar-refractivity contribution in [2.75, 3.05) is 40.4 Å². The zero-order chi connectivity index (χ0) is 27.5. The normalized spacial score (nSPS) is 15.7. The van der Waals surface area contributed by atoms with Crippen LogP contribution in [0.15, 0.2) is 79.0 Å². The van der Waals surface area contributed by atoms with Gasteiger partial charge in [-0.25, -0.2) is 13.4 Å². The fourth-order valence-electron chi connectivity index (χ4n) is 4.37. The molecule has 0 fully saturated rings. The first kappa shape index (κ1) is 28.9. The van der Waals surface area contributed by atoms with Crippen LogP contribution in [0.3, 0.4) is 0 Å². The highest BCUT2D eigenvalue weighted by Gasteiger charge is 2.32. The standard InChI is InChI=1S/C28H31N7O3S.ClH/c1-38-23-9-6-20(7-10-23)18-28(29)34-24-11-8-22(17-25(24)35-28)31-26-12-14-30-27(33-26)32-21-5-3-4-19(16-21)13-15-39(2,36)37;/h3-12,14,16-17,34-35H,13,15,18,29H2,1-2H3,(H2,30,31,32,33);1H. The Labute approximate surface area is 240 Å². The van der Waals surface area contributed by atoms with E-state index in [1.165, 1.54) is 6.26 Å². The Balaban J connectivity index is 0.00000370. The third kappa shape index (κ3) is 7.53. The number of sulfone groups is 1. The van der Waals surface area contributed by atoms with Crippen LogP contribution in [0.4, 0.5) is 34.5 Å². The summed E-state index contributed by atoms with van der Waals surface area (Å²) in [6.45, 7) is 0. The van der Waals surface area contributed by atoms with Gasteiger partial charge >= 0.3 is 0 Å². The molecule has 0 saturated heterocycles. The molecule has 6 N–H and O–H groups in total. The molecule has 0 spiro atoms. The molecular weight excluding hydrogens is 550 g/mol. The SMILES string of the molecule is COc1ccc(CC2(N)Nc3ccc(Nc4ccnc(Nc5cccc(CCS(C)(=O)=O)c5)n4)cc3N2)cc1.Cl. The molecule has 0 bridgehead atoms. The monoisotopic (exact) mass is 581 g/mol. The summed E-state index contributed by atoms with van der Waals surface area (Å²) in [5.41, 5.74) is 12.0. The van der Waals surface area contributed by atoms with Crippen molar-refractivity contribution in [3.63, 3.8) is 0 Å². The van der Waals surface area contributed by atoms with Crippen LogP contribution in [0.5, 0.6) is 5.75 Å². The second kappa shape index (κ2) is 12.0. The summed E-state index contributed by atoms with van der Waals surface area (Å²) in [5.74, 6) is 1.12. The number of hydrogen-bond donors (Lipinski definition) is 5. The molecule has 40 heavy (non-hydrogen) atoms. The maximum atomic E-state index is 11.5. The van der Waals surface area contributed by atoms with Gasteiger partial charge in [-0.05, 0) is 66.1 Å². The van der Waals surface area contributed by atoms with Gasteiger partial charge in [0.1, 0.15) is 21.4 Å². The molecule has 1 aliphatic heterocycles. The third-order valence-corrected chi connectivity index (χ3v) is 7.20. The minimum absolute atomic E-state index is 0. The number of halogens is 1. The van der Waals surface area contributed by atoms with E-state index in [-0.39, 0.29) is 18.2 Å². The predicted octanol–water partition coefficient (Wildman–Crippen LogP) is 4.67. The first-order valence-electron chi connectivity index (χ1n) is 12.4. The molecule has 1 aromatic heterocycles. The molecule has 12 heteroatoms. The maximum Gasteiger partial charge on any atom is 0.229 e. The first-order chi connectivity index (χ1) is 18.7. The smallest absolute Gasteiger partial charge is 0.229 e. The lowest BCUT2D eigenvalue weighted by atomic mass is 10.1. The summed E-state index contributed by atoms with van der Waals surface area (Å²) in [5, 5.41) is 13.3. The van der Waals surface area contributed by atoms with Crippen LogP contribution in [0.1, 0.15) is 11.1 Å². The zero-order valence-corrected chi connectivity index (χ0v) is 23.8. The van der Waals surface area contributed by atoms with Gasteiger partial charge in [0.05, 0.1) is 24.2 Å². The Kier molecular flexibility index (Phi) is 8.67. The van der Waals surface area contributed by atoms with Crippen LogP contribution in [0.2, 0.25) is 0 Å². The Bertz CT molecular complexity index is 1590. The van der Waals surface area contributed by atoms with Gasteiger partial charge in [0.2, 0.25) is 5.95 Å². The zero-order valence-electron chi connectivity index (χ0n) is 22.1. The molecule has 0 aliphatic carbocycles. The highest BCUT2D eigenvalue weighted by Crippen LogP contribution is 2.36. The minimum Gasteiger partial charge on any atom is -0.497 e. The van der Waals surface area contributed by atoms with Gasteiger partial charge in [-0.3, -0.25) is 5.73 Å². The summed E-state index contributed by atoms with van der Waals surface area (Å²) in [4.78, 5) is 8.88. The van der Waals surface area contributed by atoms with Crippen LogP contribution < -0.4 is 31.7 Å². The number of benzene rings is 3. The number of anilines is 6. The summed E-state index contributed by atoms with van der Waals surface area (Å²) >= 11 is 0. The lowest BCUT2D eigenvalue weighted by Gasteiger charge is -2.26. The largest absolute Gasteiger partial charge is 0.497 e. The third-order valence-electron chi connectivity index (χ3n) is 6.25. The molecule has 0 saturated carbocycles. The highest BCUT2D eigenvalue weighted by molar-refractivity contribution is 7.90. The number of methoxy groups -OCH3 is 1. The van der Waals surface area contributed by atoms with Crippen LogP contribution >= 0.6 is 12.4 Å². The highest BCUT2D eigenvalue weighted by atomic mass is 35.5. The van der Waals surface area contributed by atoms with E-state index in [9.17, 15) is 8.42 Å². The molecule has 10 nitrogen and oxygen atoms in total. The van der Waals surface area contributed by atoms with Crippen molar-refractivity contribution in [1.29, 1.82) is 0 Å². The fraction of sp³-hybridized carbons (Fsp3) is 0.214. The van der Waals surface area contributed by atoms with Gasteiger partial charge in [-0.1, -0.05) is 24.3 Å². The van der Waals surface area contributed by atoms with E-state index < -0.39 is 15.6 Å². The molecule has 1 unspecified atom stereocenters. The number of aryl methyl sites for hydroxylation is 1. The number of hydrogen-bond acceptors (Lipinski definition) is 10. The van der Waals surface area contributed by atoms with Gasteiger partial charge in [-0.2, -0.15) is 4.98 Å². The average Bonchev–Trinajstić information content (AvgIpc) is 3.23. The number of rotatable bonds is 10. The van der Waals surface area contributed by atoms with Crippen LogP contribution in [0, 0.1) is 0 Å². The fourth-order valence-corrected chi connectivity index (χ4v) is 4.98. The van der Waals surface area contributed by atoms with Gasteiger partial charge in [0.15, 0.2) is 5.79 Å². The van der Waals surface area contributed by atoms with E-state index in [0.29, 0.717) is 24.6 Å². The van der Waals surface area contributed by atoms with Gasteiger partial charge in [-0.15, -0.1) is 12.4 Å². The van der Waals surface area contributed by atoms with E-state index in [2.05, 4.69) is 31.2 Å². The van der Waals surface area contributed by atoms with Crippen molar-refractivity contribution < 1.29 is 13.2 Å². The van der Waals surface area contributed by atoms with Gasteiger partial charge < -0.3 is 26.0 Å². The second-order valence-corrected chi connectivity index (χ2v) is 11.9. The molecule has 1 aliphatic rings. The molecule has 210 valence electrons. The number of fused-ring (bicyclic) bond motifs is 1. The molecule has 3 aromatic carbocycles. The van der Waals surface area contributed by atoms with E-state index in [4.69, 9.17) is 10.5 Å². The number of nitrogens with one attached hydrogen (secondary N) is 4. The molecule has 1 atom stereocenters. The molecule has 5 rings (SSSR count). The molecule has 4 aromatic rings. The van der Waals surface area contributed by atoms with Crippen LogP contribution in [-0.4, -0.2) is 43.3 Å². The first-order valence-corrected chi connectivity index (χ1v) is 14.5. The summed E-state index contributed by atoms with van der Waals surface area (Å²) in [6.07, 6.45) is 3.93. The number of aromatic nitrogens is 2. The van der Waals surface area contributed by atoms with Crippen molar-refractivity contribution in [3.05, 3.63) is 90.1 Å². The van der Waals surface area contributed by atoms with Gasteiger partial charge in [0.25, 0.3) is 0 Å². The molecule has 2 heterocycles. The Morgan fingerprint density at radius 1 is 0.925 bits per heavy atom. The molecule has 0 amide bonds. The van der Waals surface area contributed by atoms with E-state index in [1.807, 2.05) is 66.7 Å². The topological polar surface area (TPSA) is 143 Å². The number of nitrogens with two attached hydrogens (primary N) is 1. The predicted molar refractivity (Wildman–Crippen MR) is 163 cm³/mol. The molecular formula is C28H32ClN7O3S. The molecule has 0 radical (unpaired) electrons. The number of nitrogens with zero attached hydrogens (tertiary/aromatic N) is 2. The average molecular weight is 582 g/mol. The van der Waals surface area contributed by atoms with Crippen LogP contribution in [-0.2, 0) is 22.7 Å². The Hall–Kier alpha value is -4.06. The van der Waals surface area contributed by atoms with Crippen LogP contribution in [0.25, 0.3) is 0 Å². The summed E-state index contributed by atoms with van der Waals surface area (Å²) in [6, 6.07) is 23.1. The summed E-state index contributed by atoms with van der Waals surface area (Å²) in [7, 11) is -1.39. The maximum absolute atomic E-state index is 11.5. The van der Waals surface area contributed by atoms with Gasteiger partial charge in [0, 0.05) is 30.2 Å². The van der Waals surface area contributed by atoms with E-state index in [1.54, 1.807) is 19.4 Å². The lowest BCUT2D eigenvalue weighted by Crippen LogP contribution is -2.53. The lowest BCUT2D eigenvalue weighted by molar-refractivity contribution is 0.414. The van der Waals surface area contributed by atoms with E-state index >= 15 is 0 Å². The Morgan fingerprint density at radius 3 is 2.42 bits per heavy atom. The van der Waals surface area contributed by atoms with Crippen molar-refractivity contribution in [3.8, 4) is 5.75 Å². The van der Waals surface area contributed by atoms with Crippen molar-refractivity contribution in [1.82, 2.24) is 9.97 Å². The van der Waals surface area contributed by atoms with Crippen molar-refractivity contribution >= 4 is 56.8 Å². The summed E-state index contributed by atoms with van der Waals surface area (Å²) < 4.78 is 28.2. The quantitative estimate of drug-likeness (QED) is 0.179. The minimum atomic E-state index is -3.03. The van der Waals surface area contributed by atoms with Crippen molar-refractivity contribution in [2.45, 2.75) is 18.6 Å². The second-order valence-electron chi connectivity index (χ2n) is 9.60.